The Labute approximate surface area is 170 Å². The minimum atomic E-state index is -1.89. The van der Waals surface area contributed by atoms with Gasteiger partial charge in [0, 0.05) is 16.1 Å². The Morgan fingerprint density at radius 3 is 2.18 bits per heavy atom. The lowest BCUT2D eigenvalue weighted by atomic mass is 10.1. The molecule has 3 aromatic carbocycles. The molecule has 2 heterocycles. The van der Waals surface area contributed by atoms with Crippen LogP contribution in [0.4, 0.5) is 0 Å². The summed E-state index contributed by atoms with van der Waals surface area (Å²) in [6.07, 6.45) is 0. The molecule has 0 aliphatic carbocycles. The monoisotopic (exact) mass is 398 g/mol. The van der Waals surface area contributed by atoms with Crippen LogP contribution in [0.2, 0.25) is 18.1 Å². The first-order valence-electron chi connectivity index (χ1n) is 9.39. The van der Waals surface area contributed by atoms with Crippen molar-refractivity contribution in [1.29, 1.82) is 0 Å². The van der Waals surface area contributed by atoms with Gasteiger partial charge in [0.05, 0.1) is 11.4 Å². The topological polar surface area (TPSA) is 25.8 Å². The maximum atomic E-state index is 6.25. The Bertz CT molecular complexity index is 1200. The number of nitrogens with zero attached hydrogens (tertiary/aromatic N) is 2. The van der Waals surface area contributed by atoms with Gasteiger partial charge in [-0.05, 0) is 28.1 Å². The maximum absolute atomic E-state index is 6.25. The normalized spacial score (nSPS) is 13.8. The molecule has 0 bridgehead atoms. The van der Waals surface area contributed by atoms with Gasteiger partial charge in [-0.2, -0.15) is 0 Å². The first kappa shape index (κ1) is 17.4. The molecule has 0 saturated carbocycles. The molecule has 0 atom stereocenters. The highest BCUT2D eigenvalue weighted by molar-refractivity contribution is 7.04. The fourth-order valence-electron chi connectivity index (χ4n) is 4.18. The largest absolute Gasteiger partial charge is 0.228 e. The number of fused-ring (bicyclic) bond motifs is 3. The summed E-state index contributed by atoms with van der Waals surface area (Å²) in [7, 11) is -1.89. The van der Waals surface area contributed by atoms with Crippen LogP contribution in [0.25, 0.3) is 33.9 Å². The molecule has 0 unspecified atom stereocenters. The van der Waals surface area contributed by atoms with Crippen molar-refractivity contribution in [1.82, 2.24) is 9.97 Å². The maximum Gasteiger partial charge on any atom is 0.160 e. The minimum Gasteiger partial charge on any atom is -0.228 e. The first-order valence-corrected chi connectivity index (χ1v) is 12.8. The van der Waals surface area contributed by atoms with Crippen LogP contribution in [0.1, 0.15) is 0 Å². The van der Waals surface area contributed by atoms with Crippen molar-refractivity contribution in [2.24, 2.45) is 0 Å². The second-order valence-electron chi connectivity index (χ2n) is 7.67. The van der Waals surface area contributed by atoms with Gasteiger partial charge in [0.15, 0.2) is 5.82 Å². The Morgan fingerprint density at radius 1 is 0.714 bits per heavy atom. The predicted molar refractivity (Wildman–Crippen MR) is 120 cm³/mol. The first-order chi connectivity index (χ1) is 13.6. The van der Waals surface area contributed by atoms with E-state index >= 15 is 0 Å². The zero-order chi connectivity index (χ0) is 19.3. The zero-order valence-electron chi connectivity index (χ0n) is 15.8. The molecule has 0 N–H and O–H groups in total. The van der Waals surface area contributed by atoms with Gasteiger partial charge in [0.2, 0.25) is 0 Å². The lowest BCUT2D eigenvalue weighted by Crippen LogP contribution is -2.50. The molecular weight excluding hydrogens is 380 g/mol. The van der Waals surface area contributed by atoms with E-state index in [4.69, 9.17) is 21.6 Å². The van der Waals surface area contributed by atoms with Crippen molar-refractivity contribution >= 4 is 30.0 Å². The molecule has 2 nitrogen and oxygen atoms in total. The Morgan fingerprint density at radius 2 is 1.39 bits per heavy atom. The summed E-state index contributed by atoms with van der Waals surface area (Å²) in [6.45, 7) is 4.79. The van der Waals surface area contributed by atoms with Gasteiger partial charge in [0.25, 0.3) is 0 Å². The van der Waals surface area contributed by atoms with Crippen molar-refractivity contribution in [3.63, 3.8) is 0 Å². The van der Waals surface area contributed by atoms with Crippen LogP contribution in [0, 0.1) is 0 Å². The number of benzene rings is 3. The summed E-state index contributed by atoms with van der Waals surface area (Å²) in [5.74, 6) is 0.724. The highest BCUT2D eigenvalue weighted by atomic mass is 35.5. The van der Waals surface area contributed by atoms with Crippen LogP contribution in [-0.2, 0) is 0 Å². The third-order valence-corrected chi connectivity index (χ3v) is 9.26. The standard InChI is InChI=1S/C24H19ClN2Si/c1-28(2)20-14-7-6-13-19(20)22-23(28)21(16-9-4-3-5-10-16)26-24(27-22)17-11-8-12-18(25)15-17/h3-15H,1-2H3. The fraction of sp³-hybridized carbons (Fsp3) is 0.0833. The molecule has 1 aromatic heterocycles. The minimum absolute atomic E-state index is 0.693. The van der Waals surface area contributed by atoms with Gasteiger partial charge in [-0.3, -0.25) is 0 Å². The second kappa shape index (κ2) is 6.40. The second-order valence-corrected chi connectivity index (χ2v) is 12.4. The number of halogens is 1. The molecule has 0 amide bonds. The molecule has 4 heteroatoms. The summed E-state index contributed by atoms with van der Waals surface area (Å²) in [5, 5.41) is 3.45. The summed E-state index contributed by atoms with van der Waals surface area (Å²) < 4.78 is 0. The molecule has 4 aromatic rings. The predicted octanol–water partition coefficient (Wildman–Crippen LogP) is 5.27. The molecule has 1 aliphatic rings. The fourth-order valence-corrected chi connectivity index (χ4v) is 7.60. The quantitative estimate of drug-likeness (QED) is 0.430. The van der Waals surface area contributed by atoms with Crippen molar-refractivity contribution in [2.45, 2.75) is 13.1 Å². The molecule has 5 rings (SSSR count). The van der Waals surface area contributed by atoms with Crippen molar-refractivity contribution in [3.8, 4) is 33.9 Å². The summed E-state index contributed by atoms with van der Waals surface area (Å²) in [4.78, 5) is 10.1. The van der Waals surface area contributed by atoms with E-state index in [1.54, 1.807) is 0 Å². The molecule has 1 aliphatic heterocycles. The highest BCUT2D eigenvalue weighted by Gasteiger charge is 2.41. The smallest absolute Gasteiger partial charge is 0.160 e. The van der Waals surface area contributed by atoms with Gasteiger partial charge in [-0.15, -0.1) is 0 Å². The molecule has 136 valence electrons. The lowest BCUT2D eigenvalue weighted by molar-refractivity contribution is 1.20. The van der Waals surface area contributed by atoms with Crippen LogP contribution in [0.3, 0.4) is 0 Å². The third kappa shape index (κ3) is 2.62. The SMILES string of the molecule is C[Si]1(C)c2ccccc2-c2nc(-c3cccc(Cl)c3)nc(-c3ccccc3)c21. The van der Waals surface area contributed by atoms with Crippen LogP contribution in [-0.4, -0.2) is 18.0 Å². The molecular formula is C24H19ClN2Si. The van der Waals surface area contributed by atoms with E-state index in [1.165, 1.54) is 15.9 Å². The van der Waals surface area contributed by atoms with E-state index in [1.807, 2.05) is 30.3 Å². The van der Waals surface area contributed by atoms with E-state index in [9.17, 15) is 0 Å². The average Bonchev–Trinajstić information content (AvgIpc) is 2.96. The molecule has 0 spiro atoms. The average molecular weight is 399 g/mol. The lowest BCUT2D eigenvalue weighted by Gasteiger charge is -2.21. The van der Waals surface area contributed by atoms with Crippen LogP contribution in [0.15, 0.2) is 78.9 Å². The molecule has 28 heavy (non-hydrogen) atoms. The van der Waals surface area contributed by atoms with Gasteiger partial charge in [-0.1, -0.05) is 91.4 Å². The summed E-state index contributed by atoms with van der Waals surface area (Å²) >= 11 is 6.25. The van der Waals surface area contributed by atoms with Gasteiger partial charge >= 0.3 is 0 Å². The van der Waals surface area contributed by atoms with Crippen molar-refractivity contribution < 1.29 is 0 Å². The molecule has 0 saturated heterocycles. The number of hydrogen-bond donors (Lipinski definition) is 0. The zero-order valence-corrected chi connectivity index (χ0v) is 17.5. The van der Waals surface area contributed by atoms with Crippen LogP contribution >= 0.6 is 11.6 Å². The van der Waals surface area contributed by atoms with Gasteiger partial charge < -0.3 is 0 Å². The van der Waals surface area contributed by atoms with E-state index < -0.39 is 8.07 Å². The van der Waals surface area contributed by atoms with E-state index in [-0.39, 0.29) is 0 Å². The molecule has 0 radical (unpaired) electrons. The number of hydrogen-bond acceptors (Lipinski definition) is 2. The Kier molecular flexibility index (Phi) is 3.97. The van der Waals surface area contributed by atoms with Gasteiger partial charge in [-0.25, -0.2) is 9.97 Å². The summed E-state index contributed by atoms with van der Waals surface area (Å²) in [6, 6.07) is 26.9. The van der Waals surface area contributed by atoms with Crippen molar-refractivity contribution in [2.75, 3.05) is 0 Å². The number of aromatic nitrogens is 2. The van der Waals surface area contributed by atoms with E-state index in [0.717, 1.165) is 28.3 Å². The summed E-state index contributed by atoms with van der Waals surface area (Å²) in [5.41, 5.74) is 5.45. The van der Waals surface area contributed by atoms with Crippen molar-refractivity contribution in [3.05, 3.63) is 83.9 Å². The highest BCUT2D eigenvalue weighted by Crippen LogP contribution is 2.33. The van der Waals surface area contributed by atoms with Crippen LogP contribution in [0.5, 0.6) is 0 Å². The van der Waals surface area contributed by atoms with Gasteiger partial charge in [0.1, 0.15) is 8.07 Å². The Hall–Kier alpha value is -2.75. The van der Waals surface area contributed by atoms with E-state index in [0.29, 0.717) is 5.02 Å². The third-order valence-electron chi connectivity index (χ3n) is 5.52. The Balaban J connectivity index is 1.86. The van der Waals surface area contributed by atoms with Crippen LogP contribution < -0.4 is 10.4 Å². The van der Waals surface area contributed by atoms with E-state index in [2.05, 4.69) is 61.6 Å². The number of rotatable bonds is 2. The molecule has 0 fully saturated rings.